The summed E-state index contributed by atoms with van der Waals surface area (Å²) in [7, 11) is 0. The van der Waals surface area contributed by atoms with E-state index < -0.39 is 0 Å². The summed E-state index contributed by atoms with van der Waals surface area (Å²) in [5, 5.41) is 13.3. The molecule has 5 heteroatoms. The van der Waals surface area contributed by atoms with Crippen molar-refractivity contribution in [2.75, 3.05) is 5.32 Å². The van der Waals surface area contributed by atoms with Gasteiger partial charge in [0.25, 0.3) is 0 Å². The lowest BCUT2D eigenvalue weighted by atomic mass is 9.93. The van der Waals surface area contributed by atoms with Crippen molar-refractivity contribution in [1.82, 2.24) is 9.97 Å². The molecular weight excluding hydrogens is 214 g/mol. The standard InChI is InChI=1S/C10H14ClN3O/c11-9-5-12-6-10(14-9)13-7-3-1-2-4-8(7)15/h5-8,15H,1-4H2,(H,13,14)/t7-,8-/m0/s1. The minimum atomic E-state index is -0.292. The highest BCUT2D eigenvalue weighted by atomic mass is 35.5. The van der Waals surface area contributed by atoms with Crippen LogP contribution in [0.15, 0.2) is 12.4 Å². The van der Waals surface area contributed by atoms with Gasteiger partial charge in [-0.15, -0.1) is 0 Å². The van der Waals surface area contributed by atoms with Crippen LogP contribution in [0.1, 0.15) is 25.7 Å². The van der Waals surface area contributed by atoms with Crippen molar-refractivity contribution in [3.8, 4) is 0 Å². The minimum absolute atomic E-state index is 0.0755. The third-order valence-corrected chi connectivity index (χ3v) is 2.85. The van der Waals surface area contributed by atoms with E-state index in [4.69, 9.17) is 11.6 Å². The largest absolute Gasteiger partial charge is 0.391 e. The van der Waals surface area contributed by atoms with Gasteiger partial charge in [0.05, 0.1) is 24.5 Å². The molecule has 0 unspecified atom stereocenters. The highest BCUT2D eigenvalue weighted by Crippen LogP contribution is 2.21. The third kappa shape index (κ3) is 2.79. The molecule has 0 radical (unpaired) electrons. The van der Waals surface area contributed by atoms with Gasteiger partial charge >= 0.3 is 0 Å². The quantitative estimate of drug-likeness (QED) is 0.810. The number of hydrogen-bond donors (Lipinski definition) is 2. The average molecular weight is 228 g/mol. The fourth-order valence-electron chi connectivity index (χ4n) is 1.88. The molecule has 1 aromatic heterocycles. The van der Waals surface area contributed by atoms with E-state index in [9.17, 15) is 5.11 Å². The van der Waals surface area contributed by atoms with E-state index in [1.807, 2.05) is 0 Å². The van der Waals surface area contributed by atoms with E-state index in [0.717, 1.165) is 25.7 Å². The Hall–Kier alpha value is -0.870. The molecule has 0 spiro atoms. The first-order valence-corrected chi connectivity index (χ1v) is 5.55. The molecule has 1 aliphatic carbocycles. The first-order chi connectivity index (χ1) is 7.25. The van der Waals surface area contributed by atoms with Crippen molar-refractivity contribution < 1.29 is 5.11 Å². The number of rotatable bonds is 2. The zero-order valence-electron chi connectivity index (χ0n) is 8.36. The van der Waals surface area contributed by atoms with Crippen LogP contribution in [0, 0.1) is 0 Å². The lowest BCUT2D eigenvalue weighted by Gasteiger charge is -2.28. The zero-order chi connectivity index (χ0) is 10.7. The minimum Gasteiger partial charge on any atom is -0.391 e. The van der Waals surface area contributed by atoms with Gasteiger partial charge in [0, 0.05) is 0 Å². The third-order valence-electron chi connectivity index (χ3n) is 2.67. The molecule has 2 atom stereocenters. The number of nitrogens with zero attached hydrogens (tertiary/aromatic N) is 2. The molecule has 82 valence electrons. The lowest BCUT2D eigenvalue weighted by molar-refractivity contribution is 0.116. The SMILES string of the molecule is O[C@H]1CCCC[C@@H]1Nc1cncc(Cl)n1. The van der Waals surface area contributed by atoms with Crippen LogP contribution >= 0.6 is 11.6 Å². The number of aliphatic hydroxyl groups excluding tert-OH is 1. The van der Waals surface area contributed by atoms with Crippen LogP contribution in [0.25, 0.3) is 0 Å². The van der Waals surface area contributed by atoms with Crippen LogP contribution in [0.4, 0.5) is 5.82 Å². The molecule has 1 aromatic rings. The Bertz CT molecular complexity index is 334. The summed E-state index contributed by atoms with van der Waals surface area (Å²) < 4.78 is 0. The molecule has 4 nitrogen and oxygen atoms in total. The molecule has 2 rings (SSSR count). The van der Waals surface area contributed by atoms with Crippen molar-refractivity contribution in [2.24, 2.45) is 0 Å². The van der Waals surface area contributed by atoms with Crippen molar-refractivity contribution in [1.29, 1.82) is 0 Å². The molecule has 15 heavy (non-hydrogen) atoms. The van der Waals surface area contributed by atoms with Gasteiger partial charge in [0.15, 0.2) is 0 Å². The van der Waals surface area contributed by atoms with Gasteiger partial charge in [0.2, 0.25) is 0 Å². The maximum absolute atomic E-state index is 9.76. The Morgan fingerprint density at radius 1 is 1.33 bits per heavy atom. The van der Waals surface area contributed by atoms with Crippen molar-refractivity contribution >= 4 is 17.4 Å². The lowest BCUT2D eigenvalue weighted by Crippen LogP contribution is -2.36. The predicted octanol–water partition coefficient (Wildman–Crippen LogP) is 1.85. The molecule has 1 heterocycles. The van der Waals surface area contributed by atoms with Gasteiger partial charge < -0.3 is 10.4 Å². The summed E-state index contributed by atoms with van der Waals surface area (Å²) in [5.41, 5.74) is 0. The summed E-state index contributed by atoms with van der Waals surface area (Å²) in [6, 6.07) is 0.0755. The molecule has 0 saturated heterocycles. The number of aromatic nitrogens is 2. The molecule has 0 bridgehead atoms. The van der Waals surface area contributed by atoms with E-state index in [-0.39, 0.29) is 12.1 Å². The Morgan fingerprint density at radius 3 is 2.87 bits per heavy atom. The highest BCUT2D eigenvalue weighted by Gasteiger charge is 2.22. The van der Waals surface area contributed by atoms with Gasteiger partial charge in [-0.05, 0) is 12.8 Å². The van der Waals surface area contributed by atoms with E-state index in [0.29, 0.717) is 11.0 Å². The molecule has 0 amide bonds. The summed E-state index contributed by atoms with van der Waals surface area (Å²) in [6.45, 7) is 0. The second-order valence-corrected chi connectivity index (χ2v) is 4.22. The van der Waals surface area contributed by atoms with Crippen molar-refractivity contribution in [3.05, 3.63) is 17.5 Å². The van der Waals surface area contributed by atoms with Gasteiger partial charge in [-0.2, -0.15) is 0 Å². The summed E-state index contributed by atoms with van der Waals surface area (Å²) in [4.78, 5) is 8.02. The van der Waals surface area contributed by atoms with Crippen LogP contribution in [0.5, 0.6) is 0 Å². The average Bonchev–Trinajstić information content (AvgIpc) is 2.22. The van der Waals surface area contributed by atoms with Crippen molar-refractivity contribution in [2.45, 2.75) is 37.8 Å². The smallest absolute Gasteiger partial charge is 0.149 e. The van der Waals surface area contributed by atoms with Crippen LogP contribution in [-0.4, -0.2) is 27.2 Å². The monoisotopic (exact) mass is 227 g/mol. The zero-order valence-corrected chi connectivity index (χ0v) is 9.11. The van der Waals surface area contributed by atoms with E-state index in [2.05, 4.69) is 15.3 Å². The Balaban J connectivity index is 2.01. The second-order valence-electron chi connectivity index (χ2n) is 3.83. The van der Waals surface area contributed by atoms with Crippen LogP contribution in [0.2, 0.25) is 5.15 Å². The molecule has 0 aromatic carbocycles. The predicted molar refractivity (Wildman–Crippen MR) is 58.9 cm³/mol. The number of halogens is 1. The molecule has 2 N–H and O–H groups in total. The molecule has 1 aliphatic rings. The fraction of sp³-hybridized carbons (Fsp3) is 0.600. The maximum atomic E-state index is 9.76. The molecule has 1 fully saturated rings. The Kier molecular flexibility index (Phi) is 3.38. The Morgan fingerprint density at radius 2 is 2.13 bits per heavy atom. The molecular formula is C10H14ClN3O. The maximum Gasteiger partial charge on any atom is 0.149 e. The fourth-order valence-corrected chi connectivity index (χ4v) is 2.03. The van der Waals surface area contributed by atoms with Crippen LogP contribution in [0.3, 0.4) is 0 Å². The van der Waals surface area contributed by atoms with Gasteiger partial charge in [-0.1, -0.05) is 24.4 Å². The van der Waals surface area contributed by atoms with Gasteiger partial charge in [-0.3, -0.25) is 4.98 Å². The van der Waals surface area contributed by atoms with Crippen molar-refractivity contribution in [3.63, 3.8) is 0 Å². The molecule has 1 saturated carbocycles. The number of hydrogen-bond acceptors (Lipinski definition) is 4. The normalized spacial score (nSPS) is 26.3. The van der Waals surface area contributed by atoms with Crippen LogP contribution < -0.4 is 5.32 Å². The van der Waals surface area contributed by atoms with E-state index in [1.54, 1.807) is 6.20 Å². The Labute approximate surface area is 93.7 Å². The number of aliphatic hydroxyl groups is 1. The topological polar surface area (TPSA) is 58.0 Å². The first kappa shape index (κ1) is 10.6. The van der Waals surface area contributed by atoms with E-state index in [1.165, 1.54) is 6.20 Å². The summed E-state index contributed by atoms with van der Waals surface area (Å²) >= 11 is 5.72. The highest BCUT2D eigenvalue weighted by molar-refractivity contribution is 6.29. The second kappa shape index (κ2) is 4.77. The summed E-state index contributed by atoms with van der Waals surface area (Å²) in [5.74, 6) is 0.633. The molecule has 0 aliphatic heterocycles. The first-order valence-electron chi connectivity index (χ1n) is 5.18. The van der Waals surface area contributed by atoms with Gasteiger partial charge in [-0.25, -0.2) is 4.98 Å². The van der Waals surface area contributed by atoms with Crippen LogP contribution in [-0.2, 0) is 0 Å². The number of nitrogens with one attached hydrogen (secondary N) is 1. The summed E-state index contributed by atoms with van der Waals surface area (Å²) in [6.07, 6.45) is 6.88. The van der Waals surface area contributed by atoms with Gasteiger partial charge in [0.1, 0.15) is 11.0 Å². The number of anilines is 1. The van der Waals surface area contributed by atoms with E-state index >= 15 is 0 Å².